The van der Waals surface area contributed by atoms with E-state index in [0.29, 0.717) is 17.9 Å². The number of halogens is 1. The van der Waals surface area contributed by atoms with Gasteiger partial charge in [-0.2, -0.15) is 5.10 Å². The van der Waals surface area contributed by atoms with Crippen molar-refractivity contribution in [2.45, 2.75) is 13.5 Å². The summed E-state index contributed by atoms with van der Waals surface area (Å²) in [5.41, 5.74) is 5.35. The van der Waals surface area contributed by atoms with Crippen LogP contribution in [0, 0.1) is 6.92 Å². The summed E-state index contributed by atoms with van der Waals surface area (Å²) in [7, 11) is 0. The first kappa shape index (κ1) is 20.4. The van der Waals surface area contributed by atoms with Crippen molar-refractivity contribution in [3.05, 3.63) is 87.4 Å². The van der Waals surface area contributed by atoms with E-state index in [2.05, 4.69) is 26.5 Å². The number of ether oxygens (including phenoxy) is 1. The second kappa shape index (κ2) is 9.25. The van der Waals surface area contributed by atoms with Crippen LogP contribution in [0.3, 0.4) is 0 Å². The molecule has 148 valence electrons. The number of aryl methyl sites for hydroxylation is 1. The Balaban J connectivity index is 1.72. The maximum absolute atomic E-state index is 12.2. The van der Waals surface area contributed by atoms with Crippen molar-refractivity contribution in [2.24, 2.45) is 5.10 Å². The van der Waals surface area contributed by atoms with Crippen LogP contribution in [0.2, 0.25) is 0 Å². The predicted molar refractivity (Wildman–Crippen MR) is 114 cm³/mol. The van der Waals surface area contributed by atoms with E-state index in [1.807, 2.05) is 49.4 Å². The zero-order valence-electron chi connectivity index (χ0n) is 15.6. The first-order chi connectivity index (χ1) is 13.9. The normalized spacial score (nSPS) is 10.8. The molecule has 3 aromatic carbocycles. The highest BCUT2D eigenvalue weighted by Gasteiger charge is 2.08. The van der Waals surface area contributed by atoms with Crippen LogP contribution in [0.1, 0.15) is 27.0 Å². The third-order valence-corrected chi connectivity index (χ3v) is 4.64. The van der Waals surface area contributed by atoms with Crippen LogP contribution >= 0.6 is 15.9 Å². The minimum Gasteiger partial charge on any atom is -0.508 e. The fourth-order valence-electron chi connectivity index (χ4n) is 2.63. The molecule has 0 fully saturated rings. The largest absolute Gasteiger partial charge is 0.508 e. The molecule has 7 heteroatoms. The number of hydrogen-bond acceptors (Lipinski definition) is 5. The van der Waals surface area contributed by atoms with Crippen LogP contribution in [0.5, 0.6) is 17.2 Å². The van der Waals surface area contributed by atoms with Crippen molar-refractivity contribution >= 4 is 28.1 Å². The molecule has 0 aliphatic rings. The van der Waals surface area contributed by atoms with Gasteiger partial charge in [-0.1, -0.05) is 40.2 Å². The van der Waals surface area contributed by atoms with Gasteiger partial charge < -0.3 is 14.9 Å². The molecular weight excluding hydrogens is 436 g/mol. The number of phenols is 2. The number of phenolic OH excluding ortho intramolecular Hbond substituents is 2. The molecular formula is C22H19BrN2O4. The maximum Gasteiger partial charge on any atom is 0.271 e. The average molecular weight is 455 g/mol. The molecule has 3 N–H and O–H groups in total. The summed E-state index contributed by atoms with van der Waals surface area (Å²) in [6.07, 6.45) is 1.47. The van der Waals surface area contributed by atoms with Crippen LogP contribution < -0.4 is 10.2 Å². The van der Waals surface area contributed by atoms with Gasteiger partial charge in [0.05, 0.1) is 6.21 Å². The van der Waals surface area contributed by atoms with E-state index in [4.69, 9.17) is 4.74 Å². The van der Waals surface area contributed by atoms with E-state index in [1.165, 1.54) is 18.3 Å². The number of nitrogens with one attached hydrogen (secondary N) is 1. The summed E-state index contributed by atoms with van der Waals surface area (Å²) < 4.78 is 6.78. The average Bonchev–Trinajstić information content (AvgIpc) is 2.67. The van der Waals surface area contributed by atoms with E-state index < -0.39 is 5.91 Å². The molecule has 0 aliphatic carbocycles. The highest BCUT2D eigenvalue weighted by Crippen LogP contribution is 2.23. The lowest BCUT2D eigenvalue weighted by molar-refractivity contribution is 0.0954. The van der Waals surface area contributed by atoms with Gasteiger partial charge in [0.25, 0.3) is 5.91 Å². The predicted octanol–water partition coefficient (Wildman–Crippen LogP) is 4.51. The number of carbonyl (C=O) groups is 1. The van der Waals surface area contributed by atoms with Crippen LogP contribution in [0.4, 0.5) is 0 Å². The molecule has 1 amide bonds. The Labute approximate surface area is 176 Å². The standard InChI is InChI=1S/C22H19BrN2O4/c1-14-4-2-3-5-15(14)13-29-21-7-6-18(23)8-17(21)12-24-25-22(28)16-9-19(26)11-20(27)10-16/h2-12,26-27H,13H2,1H3,(H,25,28)/b24-12+. The fourth-order valence-corrected chi connectivity index (χ4v) is 3.01. The Morgan fingerprint density at radius 1 is 1.10 bits per heavy atom. The minimum atomic E-state index is -0.565. The number of rotatable bonds is 6. The van der Waals surface area contributed by atoms with Crippen molar-refractivity contribution in [1.82, 2.24) is 5.43 Å². The van der Waals surface area contributed by atoms with Gasteiger partial charge in [-0.25, -0.2) is 5.43 Å². The first-order valence-electron chi connectivity index (χ1n) is 8.75. The van der Waals surface area contributed by atoms with E-state index >= 15 is 0 Å². The topological polar surface area (TPSA) is 91.2 Å². The van der Waals surface area contributed by atoms with Gasteiger partial charge >= 0.3 is 0 Å². The van der Waals surface area contributed by atoms with Crippen molar-refractivity contribution in [3.8, 4) is 17.2 Å². The number of nitrogens with zero attached hydrogens (tertiary/aromatic N) is 1. The van der Waals surface area contributed by atoms with Crippen LogP contribution in [-0.2, 0) is 6.61 Å². The summed E-state index contributed by atoms with van der Waals surface area (Å²) in [5.74, 6) is -0.370. The Kier molecular flexibility index (Phi) is 6.51. The molecule has 0 saturated carbocycles. The van der Waals surface area contributed by atoms with Crippen molar-refractivity contribution in [2.75, 3.05) is 0 Å². The summed E-state index contributed by atoms with van der Waals surface area (Å²) in [5, 5.41) is 22.9. The van der Waals surface area contributed by atoms with Gasteiger partial charge in [-0.3, -0.25) is 4.79 Å². The lowest BCUT2D eigenvalue weighted by Gasteiger charge is -2.11. The van der Waals surface area contributed by atoms with Crippen LogP contribution in [0.15, 0.2) is 70.2 Å². The lowest BCUT2D eigenvalue weighted by Crippen LogP contribution is -2.17. The van der Waals surface area contributed by atoms with Crippen molar-refractivity contribution in [3.63, 3.8) is 0 Å². The maximum atomic E-state index is 12.2. The second-order valence-electron chi connectivity index (χ2n) is 6.33. The van der Waals surface area contributed by atoms with E-state index in [9.17, 15) is 15.0 Å². The van der Waals surface area contributed by atoms with Gasteiger partial charge in [-0.15, -0.1) is 0 Å². The molecule has 0 bridgehead atoms. The number of benzene rings is 3. The third-order valence-electron chi connectivity index (χ3n) is 4.15. The SMILES string of the molecule is Cc1ccccc1COc1ccc(Br)cc1/C=N/NC(=O)c1cc(O)cc(O)c1. The lowest BCUT2D eigenvalue weighted by atomic mass is 10.1. The van der Waals surface area contributed by atoms with E-state index in [1.54, 1.807) is 0 Å². The molecule has 6 nitrogen and oxygen atoms in total. The Hall–Kier alpha value is -3.32. The number of hydrogen-bond donors (Lipinski definition) is 3. The van der Waals surface area contributed by atoms with Gasteiger partial charge in [0.2, 0.25) is 0 Å². The monoisotopic (exact) mass is 454 g/mol. The summed E-state index contributed by atoms with van der Waals surface area (Å²) in [6.45, 7) is 2.43. The molecule has 0 spiro atoms. The Bertz CT molecular complexity index is 1050. The van der Waals surface area contributed by atoms with Crippen molar-refractivity contribution in [1.29, 1.82) is 0 Å². The molecule has 0 atom stereocenters. The fraction of sp³-hybridized carbons (Fsp3) is 0.0909. The first-order valence-corrected chi connectivity index (χ1v) is 9.55. The highest BCUT2D eigenvalue weighted by atomic mass is 79.9. The number of amides is 1. The summed E-state index contributed by atoms with van der Waals surface area (Å²) >= 11 is 3.42. The van der Waals surface area contributed by atoms with Gasteiger partial charge in [0.15, 0.2) is 0 Å². The molecule has 0 radical (unpaired) electrons. The van der Waals surface area contributed by atoms with Crippen LogP contribution in [0.25, 0.3) is 0 Å². The molecule has 0 heterocycles. The van der Waals surface area contributed by atoms with Gasteiger partial charge in [-0.05, 0) is 48.4 Å². The van der Waals surface area contributed by atoms with E-state index in [-0.39, 0.29) is 17.1 Å². The van der Waals surface area contributed by atoms with E-state index in [0.717, 1.165) is 21.7 Å². The van der Waals surface area contributed by atoms with Crippen LogP contribution in [-0.4, -0.2) is 22.3 Å². The molecule has 0 saturated heterocycles. The molecule has 0 aromatic heterocycles. The number of carbonyl (C=O) groups excluding carboxylic acids is 1. The molecule has 0 unspecified atom stereocenters. The number of hydrazone groups is 1. The number of aromatic hydroxyl groups is 2. The molecule has 3 aromatic rings. The summed E-state index contributed by atoms with van der Waals surface area (Å²) in [6, 6.07) is 17.1. The van der Waals surface area contributed by atoms with Crippen molar-refractivity contribution < 1.29 is 19.7 Å². The van der Waals surface area contributed by atoms with Gasteiger partial charge in [0, 0.05) is 21.7 Å². The Morgan fingerprint density at radius 3 is 2.55 bits per heavy atom. The minimum absolute atomic E-state index is 0.0879. The molecule has 29 heavy (non-hydrogen) atoms. The molecule has 3 rings (SSSR count). The highest BCUT2D eigenvalue weighted by molar-refractivity contribution is 9.10. The molecule has 0 aliphatic heterocycles. The third kappa shape index (κ3) is 5.58. The zero-order chi connectivity index (χ0) is 20.8. The second-order valence-corrected chi connectivity index (χ2v) is 7.25. The van der Waals surface area contributed by atoms with Gasteiger partial charge in [0.1, 0.15) is 23.9 Å². The summed E-state index contributed by atoms with van der Waals surface area (Å²) in [4.78, 5) is 12.2. The zero-order valence-corrected chi connectivity index (χ0v) is 17.2. The Morgan fingerprint density at radius 2 is 1.83 bits per heavy atom. The smallest absolute Gasteiger partial charge is 0.271 e. The quantitative estimate of drug-likeness (QED) is 0.377.